The van der Waals surface area contributed by atoms with Gasteiger partial charge in [0.1, 0.15) is 0 Å². The monoisotopic (exact) mass is 493 g/mol. The molecule has 158 valence electrons. The first-order valence-corrected chi connectivity index (χ1v) is 11.1. The van der Waals surface area contributed by atoms with Crippen molar-refractivity contribution in [2.45, 2.75) is 11.8 Å². The largest absolute Gasteiger partial charge is 0.492 e. The molecule has 0 atom stereocenters. The van der Waals surface area contributed by atoms with Crippen molar-refractivity contribution in [3.8, 4) is 17.2 Å². The summed E-state index contributed by atoms with van der Waals surface area (Å²) < 4.78 is 35.8. The fourth-order valence-electron chi connectivity index (χ4n) is 2.91. The second-order valence-electron chi connectivity index (χ2n) is 6.29. The molecule has 0 fully saturated rings. The van der Waals surface area contributed by atoms with E-state index in [9.17, 15) is 13.2 Å². The van der Waals surface area contributed by atoms with Crippen LogP contribution in [0.3, 0.4) is 0 Å². The third-order valence-corrected chi connectivity index (χ3v) is 5.79. The number of rotatable bonds is 6. The molecule has 0 aliphatic rings. The Kier molecular flexibility index (Phi) is 6.20. The summed E-state index contributed by atoms with van der Waals surface area (Å²) in [6, 6.07) is 9.21. The van der Waals surface area contributed by atoms with Crippen molar-refractivity contribution < 1.29 is 17.9 Å². The summed E-state index contributed by atoms with van der Waals surface area (Å²) >= 11 is 3.45. The molecule has 10 heteroatoms. The number of methoxy groups -OCH3 is 1. The standard InChI is InChI=1S/C20H20BrN3O5S/c1-4-29-18-11-13(10-17(21)19(18)28-3)9-16-12(2)23-24(20(16)25)14-5-7-15(8-6-14)30(22,26)27/h5-11,23H,2,4H2,1,3H3,(H2,22,26,27)/b16-9+. The van der Waals surface area contributed by atoms with E-state index in [1.54, 1.807) is 25.3 Å². The first-order chi connectivity index (χ1) is 14.2. The number of hydrogen-bond donors (Lipinski definition) is 2. The van der Waals surface area contributed by atoms with Crippen LogP contribution in [0.15, 0.2) is 50.6 Å². The highest BCUT2D eigenvalue weighted by Gasteiger charge is 2.12. The predicted molar refractivity (Wildman–Crippen MR) is 118 cm³/mol. The Morgan fingerprint density at radius 1 is 1.27 bits per heavy atom. The van der Waals surface area contributed by atoms with E-state index in [2.05, 4.69) is 27.6 Å². The van der Waals surface area contributed by atoms with Gasteiger partial charge >= 0.3 is 0 Å². The minimum Gasteiger partial charge on any atom is -0.492 e. The van der Waals surface area contributed by atoms with E-state index in [4.69, 9.17) is 14.6 Å². The smallest absolute Gasteiger partial charge is 0.279 e. The molecule has 3 aromatic rings. The number of aromatic nitrogens is 2. The van der Waals surface area contributed by atoms with Crippen molar-refractivity contribution in [1.29, 1.82) is 0 Å². The summed E-state index contributed by atoms with van der Waals surface area (Å²) in [7, 11) is -2.27. The summed E-state index contributed by atoms with van der Waals surface area (Å²) in [5.41, 5.74) is 0.819. The number of ether oxygens (including phenoxy) is 2. The minimum atomic E-state index is -3.82. The summed E-state index contributed by atoms with van der Waals surface area (Å²) in [4.78, 5) is 12.9. The molecule has 3 N–H and O–H groups in total. The Balaban J connectivity index is 2.12. The van der Waals surface area contributed by atoms with Gasteiger partial charge in [0.15, 0.2) is 11.5 Å². The van der Waals surface area contributed by atoms with Crippen molar-refractivity contribution in [3.63, 3.8) is 0 Å². The number of nitrogens with zero attached hydrogens (tertiary/aromatic N) is 1. The number of benzene rings is 2. The molecule has 3 rings (SSSR count). The number of halogens is 1. The molecule has 30 heavy (non-hydrogen) atoms. The van der Waals surface area contributed by atoms with Crippen molar-refractivity contribution in [3.05, 3.63) is 67.4 Å². The van der Waals surface area contributed by atoms with Gasteiger partial charge in [-0.05, 0) is 70.9 Å². The van der Waals surface area contributed by atoms with Crippen molar-refractivity contribution in [1.82, 2.24) is 9.78 Å². The van der Waals surface area contributed by atoms with Crippen LogP contribution in [0, 0.1) is 0 Å². The molecule has 0 unspecified atom stereocenters. The van der Waals surface area contributed by atoms with Gasteiger partial charge in [-0.15, -0.1) is 0 Å². The zero-order valence-electron chi connectivity index (χ0n) is 16.3. The number of H-pyrrole nitrogens is 1. The predicted octanol–water partition coefficient (Wildman–Crippen LogP) is 1.22. The Hall–Kier alpha value is -2.82. The molecule has 1 aromatic heterocycles. The fourth-order valence-corrected chi connectivity index (χ4v) is 4.05. The average Bonchev–Trinajstić information content (AvgIpc) is 2.96. The zero-order chi connectivity index (χ0) is 22.1. The number of nitrogens with one attached hydrogen (secondary N) is 1. The van der Waals surface area contributed by atoms with Gasteiger partial charge in [0.25, 0.3) is 5.56 Å². The van der Waals surface area contributed by atoms with E-state index >= 15 is 0 Å². The average molecular weight is 494 g/mol. The van der Waals surface area contributed by atoms with Crippen molar-refractivity contribution >= 4 is 38.6 Å². The van der Waals surface area contributed by atoms with Gasteiger partial charge in [-0.25, -0.2) is 18.2 Å². The van der Waals surface area contributed by atoms with Gasteiger partial charge in [0.2, 0.25) is 10.0 Å². The van der Waals surface area contributed by atoms with Crippen LogP contribution in [0.1, 0.15) is 12.5 Å². The second kappa shape index (κ2) is 8.50. The van der Waals surface area contributed by atoms with E-state index in [1.807, 2.05) is 6.92 Å². The zero-order valence-corrected chi connectivity index (χ0v) is 18.7. The molecule has 0 saturated heterocycles. The quantitative estimate of drug-likeness (QED) is 0.535. The molecular weight excluding hydrogens is 474 g/mol. The first-order valence-electron chi connectivity index (χ1n) is 8.81. The van der Waals surface area contributed by atoms with Crippen molar-refractivity contribution in [2.24, 2.45) is 5.14 Å². The normalized spacial score (nSPS) is 12.2. The van der Waals surface area contributed by atoms with Crippen LogP contribution in [0.25, 0.3) is 18.3 Å². The lowest BCUT2D eigenvalue weighted by Crippen LogP contribution is -2.34. The highest BCUT2D eigenvalue weighted by Crippen LogP contribution is 2.36. The highest BCUT2D eigenvalue weighted by atomic mass is 79.9. The molecular formula is C20H20BrN3O5S. The lowest BCUT2D eigenvalue weighted by Gasteiger charge is -2.11. The van der Waals surface area contributed by atoms with Crippen LogP contribution >= 0.6 is 15.9 Å². The van der Waals surface area contributed by atoms with Gasteiger partial charge in [0.05, 0.1) is 39.3 Å². The maximum absolute atomic E-state index is 12.9. The highest BCUT2D eigenvalue weighted by molar-refractivity contribution is 9.10. The van der Waals surface area contributed by atoms with Crippen molar-refractivity contribution in [2.75, 3.05) is 13.7 Å². The summed E-state index contributed by atoms with van der Waals surface area (Å²) in [5.74, 6) is 1.10. The van der Waals surface area contributed by atoms with Crippen LogP contribution in [-0.4, -0.2) is 31.9 Å². The molecule has 1 heterocycles. The Bertz CT molecular complexity index is 1360. The van der Waals surface area contributed by atoms with Gasteiger partial charge in [0, 0.05) is 0 Å². The molecule has 0 spiro atoms. The lowest BCUT2D eigenvalue weighted by molar-refractivity contribution is 0.310. The molecule has 0 aliphatic carbocycles. The first kappa shape index (κ1) is 21.9. The molecule has 0 aliphatic heterocycles. The Morgan fingerprint density at radius 3 is 2.50 bits per heavy atom. The third kappa shape index (κ3) is 4.35. The van der Waals surface area contributed by atoms with Gasteiger partial charge in [-0.1, -0.05) is 6.58 Å². The van der Waals surface area contributed by atoms with Crippen LogP contribution in [0.4, 0.5) is 0 Å². The molecule has 2 aromatic carbocycles. The topological polar surface area (TPSA) is 116 Å². The maximum Gasteiger partial charge on any atom is 0.279 e. The van der Waals surface area contributed by atoms with Gasteiger partial charge < -0.3 is 9.47 Å². The lowest BCUT2D eigenvalue weighted by atomic mass is 10.1. The van der Waals surface area contributed by atoms with Gasteiger partial charge in [-0.2, -0.15) is 0 Å². The number of hydrogen-bond acceptors (Lipinski definition) is 5. The van der Waals surface area contributed by atoms with E-state index in [0.29, 0.717) is 44.4 Å². The SMILES string of the molecule is C=c1[nH]n(-c2ccc(S(N)(=O)=O)cc2)c(=O)/c1=C/c1cc(Br)c(OC)c(OCC)c1. The summed E-state index contributed by atoms with van der Waals surface area (Å²) in [5, 5.41) is 8.77. The molecule has 0 radical (unpaired) electrons. The molecule has 0 saturated carbocycles. The number of sulfonamides is 1. The van der Waals surface area contributed by atoms with Gasteiger partial charge in [-0.3, -0.25) is 9.89 Å². The van der Waals surface area contributed by atoms with Crippen LogP contribution in [-0.2, 0) is 10.0 Å². The van der Waals surface area contributed by atoms with Crippen LogP contribution in [0.2, 0.25) is 0 Å². The molecule has 8 nitrogen and oxygen atoms in total. The van der Waals surface area contributed by atoms with E-state index in [-0.39, 0.29) is 10.5 Å². The van der Waals surface area contributed by atoms with E-state index < -0.39 is 10.0 Å². The third-order valence-electron chi connectivity index (χ3n) is 4.28. The molecule has 0 amide bonds. The summed E-state index contributed by atoms with van der Waals surface area (Å²) in [6.45, 7) is 6.23. The Morgan fingerprint density at radius 2 is 1.93 bits per heavy atom. The number of aromatic amines is 1. The van der Waals surface area contributed by atoms with Crippen LogP contribution < -0.4 is 30.7 Å². The maximum atomic E-state index is 12.9. The number of primary sulfonamides is 1. The van der Waals surface area contributed by atoms with E-state index in [0.717, 1.165) is 0 Å². The van der Waals surface area contributed by atoms with E-state index in [1.165, 1.54) is 28.9 Å². The molecule has 0 bridgehead atoms. The second-order valence-corrected chi connectivity index (χ2v) is 8.71. The summed E-state index contributed by atoms with van der Waals surface area (Å²) in [6.07, 6.45) is 1.68. The minimum absolute atomic E-state index is 0.0426. The van der Waals surface area contributed by atoms with Crippen LogP contribution in [0.5, 0.6) is 11.5 Å². The Labute approximate surface area is 181 Å². The fraction of sp³-hybridized carbons (Fsp3) is 0.150. The number of nitrogens with two attached hydrogens (primary N) is 1.